The lowest BCUT2D eigenvalue weighted by molar-refractivity contribution is -0.137. The van der Waals surface area contributed by atoms with Crippen molar-refractivity contribution in [2.75, 3.05) is 18.9 Å². The summed E-state index contributed by atoms with van der Waals surface area (Å²) < 4.78 is 39.9. The zero-order valence-electron chi connectivity index (χ0n) is 16.1. The van der Waals surface area contributed by atoms with Crippen molar-refractivity contribution in [3.63, 3.8) is 0 Å². The fraction of sp³-hybridized carbons (Fsp3) is 0.200. The van der Waals surface area contributed by atoms with E-state index in [1.807, 2.05) is 0 Å². The number of nitrogens with one attached hydrogen (secondary N) is 1. The molecule has 1 N–H and O–H groups in total. The number of anilines is 1. The van der Waals surface area contributed by atoms with Gasteiger partial charge in [0, 0.05) is 12.7 Å². The van der Waals surface area contributed by atoms with Gasteiger partial charge in [0.1, 0.15) is 6.54 Å². The Morgan fingerprint density at radius 3 is 2.61 bits per heavy atom. The highest BCUT2D eigenvalue weighted by Crippen LogP contribution is 2.36. The zero-order chi connectivity index (χ0) is 22.8. The fourth-order valence-electron chi connectivity index (χ4n) is 2.81. The van der Waals surface area contributed by atoms with Gasteiger partial charge in [-0.2, -0.15) is 13.2 Å². The first kappa shape index (κ1) is 22.3. The van der Waals surface area contributed by atoms with Gasteiger partial charge < -0.3 is 10.2 Å². The Bertz CT molecular complexity index is 1210. The average Bonchev–Trinajstić information content (AvgIpc) is 2.70. The van der Waals surface area contributed by atoms with Crippen molar-refractivity contribution in [1.82, 2.24) is 14.5 Å². The van der Waals surface area contributed by atoms with Crippen LogP contribution in [0.2, 0.25) is 5.02 Å². The molecule has 162 valence electrons. The molecule has 0 radical (unpaired) electrons. The van der Waals surface area contributed by atoms with Crippen LogP contribution < -0.4 is 10.9 Å². The predicted molar refractivity (Wildman–Crippen MR) is 109 cm³/mol. The molecule has 3 aromatic rings. The minimum atomic E-state index is -4.67. The number of likely N-dealkylation sites (N-methyl/N-ethyl adjacent to an activating group) is 1. The topological polar surface area (TPSA) is 84.3 Å². The van der Waals surface area contributed by atoms with Crippen LogP contribution in [0.1, 0.15) is 5.56 Å². The van der Waals surface area contributed by atoms with Gasteiger partial charge in [0.15, 0.2) is 0 Å². The predicted octanol–water partition coefficient (Wildman–Crippen LogP) is 3.17. The van der Waals surface area contributed by atoms with Crippen LogP contribution in [0.15, 0.2) is 53.6 Å². The molecule has 0 saturated heterocycles. The van der Waals surface area contributed by atoms with Gasteiger partial charge in [-0.25, -0.2) is 4.98 Å². The Hall–Kier alpha value is -3.40. The third-order valence-corrected chi connectivity index (χ3v) is 4.73. The van der Waals surface area contributed by atoms with Gasteiger partial charge in [-0.05, 0) is 30.3 Å². The van der Waals surface area contributed by atoms with E-state index >= 15 is 0 Å². The Morgan fingerprint density at radius 2 is 1.90 bits per heavy atom. The summed E-state index contributed by atoms with van der Waals surface area (Å²) in [6, 6.07) is 9.61. The molecule has 0 aliphatic heterocycles. The molecular formula is C20H16ClF3N4O3. The van der Waals surface area contributed by atoms with E-state index in [2.05, 4.69) is 10.3 Å². The normalized spacial score (nSPS) is 11.4. The van der Waals surface area contributed by atoms with Gasteiger partial charge in [0.2, 0.25) is 11.8 Å². The maximum Gasteiger partial charge on any atom is 0.417 e. The molecule has 3 rings (SSSR count). The molecule has 0 spiro atoms. The monoisotopic (exact) mass is 452 g/mol. The van der Waals surface area contributed by atoms with Crippen molar-refractivity contribution < 1.29 is 22.8 Å². The molecule has 31 heavy (non-hydrogen) atoms. The van der Waals surface area contributed by atoms with Crippen LogP contribution in [-0.4, -0.2) is 39.9 Å². The summed E-state index contributed by atoms with van der Waals surface area (Å²) in [7, 11) is 1.34. The third-order valence-electron chi connectivity index (χ3n) is 4.40. The molecule has 0 aliphatic rings. The molecule has 0 unspecified atom stereocenters. The Morgan fingerprint density at radius 1 is 1.19 bits per heavy atom. The molecule has 0 saturated carbocycles. The Kier molecular flexibility index (Phi) is 6.30. The number of hydrogen-bond donors (Lipinski definition) is 1. The van der Waals surface area contributed by atoms with Crippen LogP contribution in [0.3, 0.4) is 0 Å². The highest BCUT2D eigenvalue weighted by atomic mass is 35.5. The molecule has 0 fully saturated rings. The van der Waals surface area contributed by atoms with Gasteiger partial charge in [0.25, 0.3) is 5.56 Å². The van der Waals surface area contributed by atoms with Crippen LogP contribution in [-0.2, 0) is 22.3 Å². The first-order valence-electron chi connectivity index (χ1n) is 8.91. The summed E-state index contributed by atoms with van der Waals surface area (Å²) >= 11 is 5.55. The fourth-order valence-corrected chi connectivity index (χ4v) is 3.03. The number of benzene rings is 2. The molecule has 11 heteroatoms. The van der Waals surface area contributed by atoms with E-state index in [-0.39, 0.29) is 12.2 Å². The number of amides is 2. The third kappa shape index (κ3) is 5.21. The Labute approximate surface area is 179 Å². The summed E-state index contributed by atoms with van der Waals surface area (Å²) in [5.74, 6) is -1.27. The van der Waals surface area contributed by atoms with Crippen molar-refractivity contribution >= 4 is 40.0 Å². The molecule has 1 aromatic heterocycles. The maximum absolute atomic E-state index is 12.9. The lowest BCUT2D eigenvalue weighted by Gasteiger charge is -2.18. The van der Waals surface area contributed by atoms with E-state index in [0.29, 0.717) is 17.0 Å². The van der Waals surface area contributed by atoms with E-state index < -0.39 is 40.7 Å². The van der Waals surface area contributed by atoms with Crippen LogP contribution in [0.4, 0.5) is 18.9 Å². The summed E-state index contributed by atoms with van der Waals surface area (Å²) in [5, 5.41) is 2.15. The highest BCUT2D eigenvalue weighted by molar-refractivity contribution is 6.31. The SMILES string of the molecule is CN(CC(=O)Nc1ccc(Cl)c(C(F)(F)F)c1)C(=O)Cn1cnc2ccccc2c1=O. The van der Waals surface area contributed by atoms with Crippen LogP contribution in [0.25, 0.3) is 10.9 Å². The zero-order valence-corrected chi connectivity index (χ0v) is 16.9. The second-order valence-corrected chi connectivity index (χ2v) is 7.09. The molecular weight excluding hydrogens is 437 g/mol. The molecule has 7 nitrogen and oxygen atoms in total. The number of rotatable bonds is 5. The lowest BCUT2D eigenvalue weighted by Crippen LogP contribution is -2.38. The highest BCUT2D eigenvalue weighted by Gasteiger charge is 2.33. The summed E-state index contributed by atoms with van der Waals surface area (Å²) in [6.07, 6.45) is -3.44. The van der Waals surface area contributed by atoms with Gasteiger partial charge in [-0.1, -0.05) is 23.7 Å². The number of alkyl halides is 3. The minimum Gasteiger partial charge on any atom is -0.335 e. The van der Waals surface area contributed by atoms with Crippen molar-refractivity contribution in [1.29, 1.82) is 0 Å². The first-order valence-corrected chi connectivity index (χ1v) is 9.29. The minimum absolute atomic E-state index is 0.113. The summed E-state index contributed by atoms with van der Waals surface area (Å²) in [6.45, 7) is -0.780. The van der Waals surface area contributed by atoms with Gasteiger partial charge in [-0.3, -0.25) is 19.0 Å². The van der Waals surface area contributed by atoms with E-state index in [1.165, 1.54) is 19.4 Å². The van der Waals surface area contributed by atoms with E-state index in [9.17, 15) is 27.6 Å². The molecule has 1 heterocycles. The van der Waals surface area contributed by atoms with E-state index in [4.69, 9.17) is 11.6 Å². The van der Waals surface area contributed by atoms with Gasteiger partial charge in [0.05, 0.1) is 34.4 Å². The second-order valence-electron chi connectivity index (χ2n) is 6.69. The number of carbonyl (C=O) groups is 2. The van der Waals surface area contributed by atoms with E-state index in [0.717, 1.165) is 15.5 Å². The molecule has 0 bridgehead atoms. The lowest BCUT2D eigenvalue weighted by atomic mass is 10.2. The average molecular weight is 453 g/mol. The largest absolute Gasteiger partial charge is 0.417 e. The Balaban J connectivity index is 1.66. The van der Waals surface area contributed by atoms with Crippen LogP contribution in [0.5, 0.6) is 0 Å². The van der Waals surface area contributed by atoms with Crippen molar-refractivity contribution in [2.24, 2.45) is 0 Å². The smallest absolute Gasteiger partial charge is 0.335 e. The number of aromatic nitrogens is 2. The second kappa shape index (κ2) is 8.76. The van der Waals surface area contributed by atoms with Crippen molar-refractivity contribution in [2.45, 2.75) is 12.7 Å². The number of para-hydroxylation sites is 1. The quantitative estimate of drug-likeness (QED) is 0.644. The molecule has 2 amide bonds. The number of nitrogens with zero attached hydrogens (tertiary/aromatic N) is 3. The number of halogens is 4. The van der Waals surface area contributed by atoms with Gasteiger partial charge in [-0.15, -0.1) is 0 Å². The molecule has 0 atom stereocenters. The molecule has 0 aliphatic carbocycles. The standard InChI is InChI=1S/C20H16ClF3N4O3/c1-27(9-17(29)26-12-6-7-15(21)14(8-12)20(22,23)24)18(30)10-28-11-25-16-5-3-2-4-13(16)19(28)31/h2-8,11H,9-10H2,1H3,(H,26,29). The number of hydrogen-bond acceptors (Lipinski definition) is 4. The van der Waals surface area contributed by atoms with Gasteiger partial charge >= 0.3 is 6.18 Å². The first-order chi connectivity index (χ1) is 14.6. The summed E-state index contributed by atoms with van der Waals surface area (Å²) in [4.78, 5) is 42.2. The summed E-state index contributed by atoms with van der Waals surface area (Å²) in [5.41, 5.74) is -1.11. The molecule has 2 aromatic carbocycles. The van der Waals surface area contributed by atoms with E-state index in [1.54, 1.807) is 24.3 Å². The number of carbonyl (C=O) groups excluding carboxylic acids is 2. The van der Waals surface area contributed by atoms with Crippen molar-refractivity contribution in [3.05, 3.63) is 69.7 Å². The number of fused-ring (bicyclic) bond motifs is 1. The maximum atomic E-state index is 12.9. The van der Waals surface area contributed by atoms with Crippen LogP contribution >= 0.6 is 11.6 Å². The van der Waals surface area contributed by atoms with Crippen molar-refractivity contribution in [3.8, 4) is 0 Å². The van der Waals surface area contributed by atoms with Crippen LogP contribution in [0, 0.1) is 0 Å².